The van der Waals surface area contributed by atoms with Gasteiger partial charge in [0, 0.05) is 49.1 Å². The highest BCUT2D eigenvalue weighted by molar-refractivity contribution is 7.13. The van der Waals surface area contributed by atoms with Gasteiger partial charge in [0.1, 0.15) is 5.84 Å². The average molecular weight is 1220 g/mol. The maximum atomic E-state index is 14.2. The number of nitrogens with zero attached hydrogens (tertiary/aromatic N) is 4. The second-order valence-electron chi connectivity index (χ2n) is 19.6. The lowest BCUT2D eigenvalue weighted by molar-refractivity contribution is -0.139. The Balaban J connectivity index is 0.882. The quantitative estimate of drug-likeness (QED) is 0.0187. The number of alkyl halides is 3. The Morgan fingerprint density at radius 1 is 0.619 bits per heavy atom. The van der Waals surface area contributed by atoms with Crippen LogP contribution in [0, 0.1) is 23.3 Å². The number of aliphatic imine (C=N–C) groups is 1. The summed E-state index contributed by atoms with van der Waals surface area (Å²) in [6.07, 6.45) is 1.43. The van der Waals surface area contributed by atoms with Gasteiger partial charge < -0.3 is 72.5 Å². The monoisotopic (exact) mass is 1220 g/mol. The largest absolute Gasteiger partial charge is 0.420 e. The van der Waals surface area contributed by atoms with Crippen molar-refractivity contribution in [3.8, 4) is 5.75 Å². The van der Waals surface area contributed by atoms with Crippen molar-refractivity contribution >= 4 is 40.8 Å². The predicted molar refractivity (Wildman–Crippen MR) is 303 cm³/mol. The molecule has 4 rings (SSSR count). The first kappa shape index (κ1) is 71.8. The third kappa shape index (κ3) is 29.1. The van der Waals surface area contributed by atoms with Gasteiger partial charge >= 0.3 is 12.1 Å². The highest BCUT2D eigenvalue weighted by Gasteiger charge is 2.35. The summed E-state index contributed by atoms with van der Waals surface area (Å²) in [6.45, 7) is 11.5. The number of amidine groups is 1. The van der Waals surface area contributed by atoms with E-state index in [9.17, 15) is 40.3 Å². The van der Waals surface area contributed by atoms with Gasteiger partial charge in [-0.2, -0.15) is 22.0 Å². The molecule has 0 unspecified atom stereocenters. The zero-order valence-electron chi connectivity index (χ0n) is 48.8. The van der Waals surface area contributed by atoms with E-state index in [0.29, 0.717) is 142 Å². The number of unbranched alkanes of at least 4 members (excludes halogenated alkanes) is 2. The number of fused-ring (bicyclic) bond motifs is 1. The Hall–Kier alpha value is -4.68. The van der Waals surface area contributed by atoms with Gasteiger partial charge in [0.05, 0.1) is 155 Å². The SMILES string of the molecule is CCCN(Cc1ccc(CN(C)C)cc1C(F)(F)F)C(=O)C1=Cc2sc(CCCCCN(C)CCOCCOCCOCCOCCOCCOCCOCCOCCOCCOCCC(=O)Oc3c(F)c(F)cc(F)c3F)cc2N=C(N)C1. The van der Waals surface area contributed by atoms with Crippen molar-refractivity contribution in [1.29, 1.82) is 0 Å². The van der Waals surface area contributed by atoms with Gasteiger partial charge in [-0.25, -0.2) is 13.8 Å². The smallest absolute Gasteiger partial charge is 0.416 e. The fourth-order valence-corrected chi connectivity index (χ4v) is 9.26. The Morgan fingerprint density at radius 3 is 1.61 bits per heavy atom. The molecule has 0 fully saturated rings. The van der Waals surface area contributed by atoms with Gasteiger partial charge in [-0.3, -0.25) is 9.59 Å². The zero-order chi connectivity index (χ0) is 61.0. The number of rotatable bonds is 47. The molecule has 3 aromatic rings. The molecule has 2 heterocycles. The molecule has 2 N–H and O–H groups in total. The molecule has 1 aromatic heterocycles. The van der Waals surface area contributed by atoms with Crippen LogP contribution in [0.1, 0.15) is 71.9 Å². The maximum absolute atomic E-state index is 14.2. The van der Waals surface area contributed by atoms with Crippen molar-refractivity contribution in [2.24, 2.45) is 10.7 Å². The molecule has 474 valence electrons. The number of esters is 1. The van der Waals surface area contributed by atoms with E-state index in [1.54, 1.807) is 31.5 Å². The first-order valence-corrected chi connectivity index (χ1v) is 29.1. The minimum absolute atomic E-state index is 0.0142. The zero-order valence-corrected chi connectivity index (χ0v) is 49.6. The molecule has 1 aliphatic heterocycles. The predicted octanol–water partition coefficient (Wildman–Crippen LogP) is 8.41. The van der Waals surface area contributed by atoms with E-state index in [1.165, 1.54) is 17.0 Å². The van der Waals surface area contributed by atoms with Crippen LogP contribution in [0.5, 0.6) is 5.75 Å². The van der Waals surface area contributed by atoms with Crippen molar-refractivity contribution in [3.05, 3.63) is 85.6 Å². The lowest BCUT2D eigenvalue weighted by atomic mass is 10.0. The molecule has 1 amide bonds. The molecule has 0 spiro atoms. The van der Waals surface area contributed by atoms with Crippen LogP contribution in [0.3, 0.4) is 0 Å². The van der Waals surface area contributed by atoms with Crippen molar-refractivity contribution < 1.29 is 92.4 Å². The lowest BCUT2D eigenvalue weighted by Gasteiger charge is -2.26. The fraction of sp³-hybridized carbons (Fsp3) is 0.638. The molecule has 0 atom stereocenters. The van der Waals surface area contributed by atoms with Crippen molar-refractivity contribution in [2.45, 2.75) is 71.1 Å². The van der Waals surface area contributed by atoms with Gasteiger partial charge in [-0.1, -0.05) is 25.5 Å². The van der Waals surface area contributed by atoms with Gasteiger partial charge in [0.25, 0.3) is 5.91 Å². The van der Waals surface area contributed by atoms with Crippen molar-refractivity contribution in [3.63, 3.8) is 0 Å². The highest BCUT2D eigenvalue weighted by atomic mass is 32.1. The molecule has 0 saturated carbocycles. The summed E-state index contributed by atoms with van der Waals surface area (Å²) in [7, 11) is 5.68. The molecular weight excluding hydrogens is 1140 g/mol. The number of thiophene rings is 1. The van der Waals surface area contributed by atoms with Gasteiger partial charge in [-0.15, -0.1) is 11.3 Å². The summed E-state index contributed by atoms with van der Waals surface area (Å²) in [6, 6.07) is 6.39. The van der Waals surface area contributed by atoms with Crippen molar-refractivity contribution in [1.82, 2.24) is 14.7 Å². The molecule has 0 aliphatic carbocycles. The number of nitrogens with two attached hydrogens (primary N) is 1. The first-order valence-electron chi connectivity index (χ1n) is 28.3. The number of benzene rings is 2. The average Bonchev–Trinajstić information content (AvgIpc) is 3.96. The van der Waals surface area contributed by atoms with E-state index in [0.717, 1.165) is 48.5 Å². The molecule has 0 radical (unpaired) electrons. The summed E-state index contributed by atoms with van der Waals surface area (Å²) < 4.78 is 156. The van der Waals surface area contributed by atoms with E-state index in [-0.39, 0.29) is 62.8 Å². The van der Waals surface area contributed by atoms with E-state index in [2.05, 4.69) is 21.7 Å². The second-order valence-corrected chi connectivity index (χ2v) is 20.8. The van der Waals surface area contributed by atoms with Gasteiger partial charge in [-0.05, 0) is 82.7 Å². The van der Waals surface area contributed by atoms with Crippen LogP contribution in [0.4, 0.5) is 36.4 Å². The van der Waals surface area contributed by atoms with Crippen LogP contribution in [-0.4, -0.2) is 205 Å². The minimum atomic E-state index is -4.56. The number of aryl methyl sites for hydroxylation is 1. The lowest BCUT2D eigenvalue weighted by Crippen LogP contribution is -2.34. The molecule has 26 heteroatoms. The first-order chi connectivity index (χ1) is 40.5. The van der Waals surface area contributed by atoms with E-state index in [4.69, 9.17) is 53.1 Å². The van der Waals surface area contributed by atoms with Crippen LogP contribution in [-0.2, 0) is 82.6 Å². The standard InChI is InChI=1S/C58H84F7N5O13S/c1-5-13-70(42-44-11-10-43(41-68(2)3)36-47(44)58(63,64)65)57(72)45-37-51-50(67-52(66)38-45)39-46(84-51)9-7-6-8-14-69(4)15-17-74-19-21-76-23-25-78-27-29-80-31-33-82-35-34-81-32-30-79-28-26-77-24-22-75-20-18-73-16-12-53(71)83-56-54(61)48(59)40-49(60)55(56)62/h10-11,36-37,39-40H,5-9,12-35,38,41-42H2,1-4H3,(H2,66,67). The molecule has 0 saturated heterocycles. The minimum Gasteiger partial charge on any atom is -0.420 e. The second kappa shape index (κ2) is 41.4. The summed E-state index contributed by atoms with van der Waals surface area (Å²) in [4.78, 5) is 37.8. The van der Waals surface area contributed by atoms with Crippen molar-refractivity contribution in [2.75, 3.05) is 173 Å². The highest BCUT2D eigenvalue weighted by Crippen LogP contribution is 2.37. The van der Waals surface area contributed by atoms with E-state index >= 15 is 0 Å². The Morgan fingerprint density at radius 2 is 1.12 bits per heavy atom. The molecule has 2 aromatic carbocycles. The summed E-state index contributed by atoms with van der Waals surface area (Å²) >= 11 is 1.57. The number of hydrogen-bond donors (Lipinski definition) is 1. The third-order valence-electron chi connectivity index (χ3n) is 12.3. The number of amides is 1. The summed E-state index contributed by atoms with van der Waals surface area (Å²) in [5.41, 5.74) is 7.30. The Bertz CT molecular complexity index is 2410. The van der Waals surface area contributed by atoms with E-state index < -0.39 is 53.1 Å². The Kier molecular flexibility index (Phi) is 35.4. The van der Waals surface area contributed by atoms with Gasteiger partial charge in [0.2, 0.25) is 17.4 Å². The number of likely N-dealkylation sites (N-methyl/N-ethyl adjacent to an activating group) is 1. The molecule has 0 bridgehead atoms. The maximum Gasteiger partial charge on any atom is 0.416 e. The third-order valence-corrected chi connectivity index (χ3v) is 13.4. The van der Waals surface area contributed by atoms with Crippen LogP contribution in [0.15, 0.2) is 40.9 Å². The molecule has 1 aliphatic rings. The van der Waals surface area contributed by atoms with Crippen LogP contribution in [0.25, 0.3) is 6.08 Å². The summed E-state index contributed by atoms with van der Waals surface area (Å²) in [5, 5.41) is 0. The van der Waals surface area contributed by atoms with Crippen LogP contribution >= 0.6 is 11.3 Å². The molecule has 18 nitrogen and oxygen atoms in total. The number of carbonyl (C=O) groups is 2. The van der Waals surface area contributed by atoms with Crippen LogP contribution < -0.4 is 10.5 Å². The van der Waals surface area contributed by atoms with Crippen LogP contribution in [0.2, 0.25) is 0 Å². The fourth-order valence-electron chi connectivity index (χ4n) is 8.15. The normalized spacial score (nSPS) is 12.7. The molecular formula is C58H84F7N5O13S. The number of ether oxygens (including phenoxy) is 11. The summed E-state index contributed by atoms with van der Waals surface area (Å²) in [5.74, 6) is -9.59. The van der Waals surface area contributed by atoms with Gasteiger partial charge in [0.15, 0.2) is 11.6 Å². The van der Waals surface area contributed by atoms with E-state index in [1.807, 2.05) is 24.0 Å². The topological polar surface area (TPSA) is 184 Å². The number of carbonyl (C=O) groups excluding carboxylic acids is 2. The number of hydrogen-bond acceptors (Lipinski definition) is 18. The Labute approximate surface area is 492 Å². The molecule has 84 heavy (non-hydrogen) atoms. The number of halogens is 7.